The average molecular weight is 383 g/mol. The molecule has 1 heterocycles. The number of anilines is 1. The van der Waals surface area contributed by atoms with Crippen LogP contribution in [-0.4, -0.2) is 45.4 Å². The van der Waals surface area contributed by atoms with E-state index in [1.807, 2.05) is 19.1 Å². The van der Waals surface area contributed by atoms with Crippen molar-refractivity contribution >= 4 is 11.6 Å². The monoisotopic (exact) mass is 383 g/mol. The number of phenols is 1. The predicted octanol–water partition coefficient (Wildman–Crippen LogP) is 2.28. The molecule has 146 valence electrons. The largest absolute Gasteiger partial charge is 0.504 e. The highest BCUT2D eigenvalue weighted by atomic mass is 16.5. The van der Waals surface area contributed by atoms with Gasteiger partial charge < -0.3 is 19.9 Å². The van der Waals surface area contributed by atoms with Gasteiger partial charge >= 0.3 is 0 Å². The van der Waals surface area contributed by atoms with Gasteiger partial charge in [0, 0.05) is 0 Å². The van der Waals surface area contributed by atoms with Crippen molar-refractivity contribution in [1.29, 1.82) is 0 Å². The highest BCUT2D eigenvalue weighted by molar-refractivity contribution is 5.96. The number of carbonyl (C=O) groups is 1. The molecule has 1 atom stereocenters. The number of H-pyrrole nitrogens is 1. The quantitative estimate of drug-likeness (QED) is 0.545. The lowest BCUT2D eigenvalue weighted by atomic mass is 9.97. The van der Waals surface area contributed by atoms with Crippen LogP contribution in [0.5, 0.6) is 17.2 Å². The number of tetrazole rings is 1. The number of ether oxygens (including phenoxy) is 2. The molecule has 0 saturated carbocycles. The summed E-state index contributed by atoms with van der Waals surface area (Å²) in [6.07, 6.45) is 0.290. The van der Waals surface area contributed by atoms with Gasteiger partial charge in [0.1, 0.15) is 11.7 Å². The number of benzene rings is 2. The summed E-state index contributed by atoms with van der Waals surface area (Å²) in [6.45, 7) is 2.35. The second-order valence-electron chi connectivity index (χ2n) is 5.95. The lowest BCUT2D eigenvalue weighted by Gasteiger charge is -2.16. The third kappa shape index (κ3) is 4.37. The van der Waals surface area contributed by atoms with Crippen molar-refractivity contribution in [2.45, 2.75) is 19.3 Å². The van der Waals surface area contributed by atoms with Crippen molar-refractivity contribution in [2.75, 3.05) is 19.0 Å². The van der Waals surface area contributed by atoms with Gasteiger partial charge in [-0.15, -0.1) is 10.2 Å². The SMILES string of the molecule is CCOc1ccccc1NC(=O)[C@@H](Cc1ccc(O)c(OC)c1)c1nn[nH]n1. The van der Waals surface area contributed by atoms with Gasteiger partial charge in [-0.05, 0) is 43.2 Å². The van der Waals surface area contributed by atoms with Crippen molar-refractivity contribution in [1.82, 2.24) is 20.6 Å². The average Bonchev–Trinajstić information content (AvgIpc) is 3.23. The van der Waals surface area contributed by atoms with E-state index in [4.69, 9.17) is 9.47 Å². The Bertz CT molecular complexity index is 930. The van der Waals surface area contributed by atoms with Crippen molar-refractivity contribution in [3.8, 4) is 17.2 Å². The standard InChI is InChI=1S/C19H21N5O4/c1-3-28-16-7-5-4-6-14(16)20-19(26)13(18-21-23-24-22-18)10-12-8-9-15(25)17(11-12)27-2/h4-9,11,13,25H,3,10H2,1-2H3,(H,20,26)(H,21,22,23,24)/t13-/m0/s1. The molecule has 3 N–H and O–H groups in total. The molecule has 9 heteroatoms. The third-order valence-corrected chi connectivity index (χ3v) is 4.12. The first-order valence-electron chi connectivity index (χ1n) is 8.74. The maximum Gasteiger partial charge on any atom is 0.235 e. The molecule has 0 unspecified atom stereocenters. The first kappa shape index (κ1) is 19.2. The number of hydrogen-bond donors (Lipinski definition) is 3. The second kappa shape index (κ2) is 8.85. The highest BCUT2D eigenvalue weighted by Crippen LogP contribution is 2.30. The van der Waals surface area contributed by atoms with E-state index in [1.165, 1.54) is 13.2 Å². The molecule has 3 rings (SSSR count). The topological polar surface area (TPSA) is 122 Å². The first-order valence-corrected chi connectivity index (χ1v) is 8.74. The Hall–Kier alpha value is -3.62. The molecule has 0 spiro atoms. The van der Waals surface area contributed by atoms with Crippen LogP contribution >= 0.6 is 0 Å². The van der Waals surface area contributed by atoms with Gasteiger partial charge in [0.25, 0.3) is 0 Å². The fraction of sp³-hybridized carbons (Fsp3) is 0.263. The van der Waals surface area contributed by atoms with Crippen LogP contribution in [0.25, 0.3) is 0 Å². The minimum Gasteiger partial charge on any atom is -0.504 e. The van der Waals surface area contributed by atoms with Crippen LogP contribution in [0, 0.1) is 0 Å². The normalized spacial score (nSPS) is 11.6. The van der Waals surface area contributed by atoms with Crippen LogP contribution in [0.3, 0.4) is 0 Å². The van der Waals surface area contributed by atoms with Crippen LogP contribution in [0.4, 0.5) is 5.69 Å². The molecular formula is C19H21N5O4. The molecule has 0 aliphatic heterocycles. The summed E-state index contributed by atoms with van der Waals surface area (Å²) < 4.78 is 10.7. The van der Waals surface area contributed by atoms with Crippen LogP contribution in [0.1, 0.15) is 24.2 Å². The van der Waals surface area contributed by atoms with E-state index in [-0.39, 0.29) is 17.5 Å². The van der Waals surface area contributed by atoms with E-state index in [0.29, 0.717) is 30.2 Å². The minimum atomic E-state index is -0.706. The van der Waals surface area contributed by atoms with E-state index >= 15 is 0 Å². The van der Waals surface area contributed by atoms with Crippen LogP contribution in [0.15, 0.2) is 42.5 Å². The number of para-hydroxylation sites is 2. The number of amides is 1. The number of hydrogen-bond acceptors (Lipinski definition) is 7. The van der Waals surface area contributed by atoms with E-state index in [9.17, 15) is 9.90 Å². The highest BCUT2D eigenvalue weighted by Gasteiger charge is 2.26. The summed E-state index contributed by atoms with van der Waals surface area (Å²) in [5.74, 6) is 0.183. The van der Waals surface area contributed by atoms with Gasteiger partial charge in [-0.2, -0.15) is 5.21 Å². The fourth-order valence-corrected chi connectivity index (χ4v) is 2.77. The number of nitrogens with zero attached hydrogens (tertiary/aromatic N) is 3. The molecule has 9 nitrogen and oxygen atoms in total. The van der Waals surface area contributed by atoms with Crippen molar-refractivity contribution in [3.05, 3.63) is 53.9 Å². The number of methoxy groups -OCH3 is 1. The Morgan fingerprint density at radius 2 is 2.07 bits per heavy atom. The molecule has 0 fully saturated rings. The number of phenolic OH excluding ortho intramolecular Hbond substituents is 1. The minimum absolute atomic E-state index is 0.0254. The molecule has 3 aromatic rings. The zero-order chi connectivity index (χ0) is 19.9. The molecule has 0 aliphatic rings. The Morgan fingerprint density at radius 3 is 2.79 bits per heavy atom. The summed E-state index contributed by atoms with van der Waals surface area (Å²) >= 11 is 0. The summed E-state index contributed by atoms with van der Waals surface area (Å²) in [6, 6.07) is 12.1. The number of nitrogens with one attached hydrogen (secondary N) is 2. The molecule has 2 aromatic carbocycles. The van der Waals surface area contributed by atoms with Gasteiger partial charge in [-0.3, -0.25) is 4.79 Å². The molecule has 0 bridgehead atoms. The van der Waals surface area contributed by atoms with Gasteiger partial charge in [-0.1, -0.05) is 23.4 Å². The Morgan fingerprint density at radius 1 is 1.25 bits per heavy atom. The van der Waals surface area contributed by atoms with E-state index < -0.39 is 5.92 Å². The molecule has 0 aliphatic carbocycles. The number of aromatic amines is 1. The van der Waals surface area contributed by atoms with Crippen molar-refractivity contribution in [3.63, 3.8) is 0 Å². The number of carbonyl (C=O) groups excluding carboxylic acids is 1. The van der Waals surface area contributed by atoms with E-state index in [0.717, 1.165) is 5.56 Å². The molecule has 1 aromatic heterocycles. The predicted molar refractivity (Wildman–Crippen MR) is 102 cm³/mol. The maximum absolute atomic E-state index is 13.0. The lowest BCUT2D eigenvalue weighted by molar-refractivity contribution is -0.117. The number of aromatic hydroxyl groups is 1. The third-order valence-electron chi connectivity index (χ3n) is 4.12. The van der Waals surface area contributed by atoms with Crippen LogP contribution in [0.2, 0.25) is 0 Å². The Kier molecular flexibility index (Phi) is 6.05. The fourth-order valence-electron chi connectivity index (χ4n) is 2.77. The molecular weight excluding hydrogens is 362 g/mol. The zero-order valence-corrected chi connectivity index (χ0v) is 15.5. The zero-order valence-electron chi connectivity index (χ0n) is 15.5. The van der Waals surface area contributed by atoms with Gasteiger partial charge in [0.05, 0.1) is 19.4 Å². The first-order chi connectivity index (χ1) is 13.6. The Balaban J connectivity index is 1.86. The van der Waals surface area contributed by atoms with Crippen molar-refractivity contribution in [2.24, 2.45) is 0 Å². The molecule has 28 heavy (non-hydrogen) atoms. The van der Waals surface area contributed by atoms with Crippen molar-refractivity contribution < 1.29 is 19.4 Å². The summed E-state index contributed by atoms with van der Waals surface area (Å²) in [7, 11) is 1.47. The molecule has 1 amide bonds. The summed E-state index contributed by atoms with van der Waals surface area (Å²) in [4.78, 5) is 13.0. The van der Waals surface area contributed by atoms with Gasteiger partial charge in [-0.25, -0.2) is 0 Å². The lowest BCUT2D eigenvalue weighted by Crippen LogP contribution is -2.24. The number of aromatic nitrogens is 4. The Labute approximate surface area is 161 Å². The van der Waals surface area contributed by atoms with E-state index in [2.05, 4.69) is 25.9 Å². The van der Waals surface area contributed by atoms with Gasteiger partial charge in [0.2, 0.25) is 5.91 Å². The summed E-state index contributed by atoms with van der Waals surface area (Å²) in [5.41, 5.74) is 1.34. The summed E-state index contributed by atoms with van der Waals surface area (Å²) in [5, 5.41) is 26.5. The number of rotatable bonds is 8. The molecule has 0 saturated heterocycles. The molecule has 0 radical (unpaired) electrons. The van der Waals surface area contributed by atoms with E-state index in [1.54, 1.807) is 24.3 Å². The smallest absolute Gasteiger partial charge is 0.235 e. The van der Waals surface area contributed by atoms with Crippen LogP contribution in [-0.2, 0) is 11.2 Å². The maximum atomic E-state index is 13.0. The van der Waals surface area contributed by atoms with Crippen LogP contribution < -0.4 is 14.8 Å². The second-order valence-corrected chi connectivity index (χ2v) is 5.95. The van der Waals surface area contributed by atoms with Gasteiger partial charge in [0.15, 0.2) is 17.3 Å².